The van der Waals surface area contributed by atoms with Crippen LogP contribution in [0.1, 0.15) is 11.1 Å². The van der Waals surface area contributed by atoms with Crippen molar-refractivity contribution in [3.05, 3.63) is 59.4 Å². The number of anilines is 1. The number of thioether (sulfide) groups is 1. The molecule has 144 valence electrons. The number of nitrogens with one attached hydrogen (secondary N) is 2. The summed E-state index contributed by atoms with van der Waals surface area (Å²) in [6, 6.07) is 10.7. The molecule has 1 aromatic heterocycles. The van der Waals surface area contributed by atoms with Crippen LogP contribution < -0.4 is 10.6 Å². The molecule has 0 atom stereocenters. The molecule has 3 rings (SSSR count). The number of carbonyl (C=O) groups excluding carboxylic acids is 2. The third-order valence-electron chi connectivity index (χ3n) is 3.71. The minimum Gasteiger partial charge on any atom is -0.307 e. The van der Waals surface area contributed by atoms with Crippen LogP contribution in [0.15, 0.2) is 47.6 Å². The number of halogens is 1. The summed E-state index contributed by atoms with van der Waals surface area (Å²) in [5.74, 6) is -1.03. The fraction of sp³-hybridized carbons (Fsp3) is 0.167. The number of urea groups is 1. The lowest BCUT2D eigenvalue weighted by atomic mass is 10.1. The number of tetrazole rings is 1. The maximum atomic E-state index is 13.4. The van der Waals surface area contributed by atoms with Crippen molar-refractivity contribution in [1.82, 2.24) is 25.5 Å². The molecule has 10 heteroatoms. The van der Waals surface area contributed by atoms with Gasteiger partial charge < -0.3 is 5.32 Å². The number of carbonyl (C=O) groups is 2. The van der Waals surface area contributed by atoms with Crippen LogP contribution in [0.2, 0.25) is 0 Å². The first-order chi connectivity index (χ1) is 13.4. The van der Waals surface area contributed by atoms with Crippen LogP contribution in [-0.2, 0) is 4.79 Å². The first-order valence-corrected chi connectivity index (χ1v) is 9.26. The highest BCUT2D eigenvalue weighted by molar-refractivity contribution is 7.99. The van der Waals surface area contributed by atoms with Crippen molar-refractivity contribution >= 4 is 29.4 Å². The zero-order valence-electron chi connectivity index (χ0n) is 15.1. The maximum absolute atomic E-state index is 13.4. The van der Waals surface area contributed by atoms with Crippen LogP contribution in [0, 0.1) is 19.7 Å². The van der Waals surface area contributed by atoms with Gasteiger partial charge in [-0.1, -0.05) is 35.5 Å². The second-order valence-electron chi connectivity index (χ2n) is 5.96. The van der Waals surface area contributed by atoms with Gasteiger partial charge in [-0.05, 0) is 54.1 Å². The van der Waals surface area contributed by atoms with E-state index in [4.69, 9.17) is 0 Å². The summed E-state index contributed by atoms with van der Waals surface area (Å²) in [6.45, 7) is 3.82. The highest BCUT2D eigenvalue weighted by Gasteiger charge is 2.14. The third-order valence-corrected chi connectivity index (χ3v) is 4.63. The van der Waals surface area contributed by atoms with Gasteiger partial charge in [0.15, 0.2) is 0 Å². The normalized spacial score (nSPS) is 10.5. The summed E-state index contributed by atoms with van der Waals surface area (Å²) in [5.41, 5.74) is 3.03. The number of hydrogen-bond acceptors (Lipinski definition) is 6. The van der Waals surface area contributed by atoms with Gasteiger partial charge in [-0.25, -0.2) is 9.18 Å². The zero-order valence-corrected chi connectivity index (χ0v) is 16.0. The quantitative estimate of drug-likeness (QED) is 0.639. The second-order valence-corrected chi connectivity index (χ2v) is 6.90. The van der Waals surface area contributed by atoms with Gasteiger partial charge in [-0.2, -0.15) is 4.68 Å². The average molecular weight is 400 g/mol. The molecule has 0 fully saturated rings. The Kier molecular flexibility index (Phi) is 5.99. The third kappa shape index (κ3) is 4.92. The molecule has 0 saturated carbocycles. The molecule has 0 aliphatic carbocycles. The van der Waals surface area contributed by atoms with Gasteiger partial charge in [0.25, 0.3) is 0 Å². The number of aromatic nitrogens is 4. The van der Waals surface area contributed by atoms with E-state index < -0.39 is 17.8 Å². The number of aryl methyl sites for hydroxylation is 2. The van der Waals surface area contributed by atoms with Gasteiger partial charge in [-0.15, -0.1) is 5.10 Å². The predicted octanol–water partition coefficient (Wildman–Crippen LogP) is 2.86. The van der Waals surface area contributed by atoms with Crippen LogP contribution in [0.4, 0.5) is 14.9 Å². The Morgan fingerprint density at radius 2 is 2.00 bits per heavy atom. The van der Waals surface area contributed by atoms with Crippen molar-refractivity contribution in [3.8, 4) is 5.69 Å². The lowest BCUT2D eigenvalue weighted by molar-refractivity contribution is -0.117. The van der Waals surface area contributed by atoms with E-state index in [2.05, 4.69) is 26.2 Å². The Hall–Kier alpha value is -3.27. The van der Waals surface area contributed by atoms with E-state index in [1.54, 1.807) is 12.1 Å². The van der Waals surface area contributed by atoms with Crippen molar-refractivity contribution in [3.63, 3.8) is 0 Å². The van der Waals surface area contributed by atoms with E-state index in [9.17, 15) is 14.0 Å². The molecule has 1 heterocycles. The summed E-state index contributed by atoms with van der Waals surface area (Å²) in [4.78, 5) is 24.1. The monoisotopic (exact) mass is 400 g/mol. The predicted molar refractivity (Wildman–Crippen MR) is 103 cm³/mol. The lowest BCUT2D eigenvalue weighted by Gasteiger charge is -2.09. The molecule has 0 unspecified atom stereocenters. The molecule has 0 spiro atoms. The fourth-order valence-electron chi connectivity index (χ4n) is 2.44. The van der Waals surface area contributed by atoms with E-state index in [-0.39, 0.29) is 5.75 Å². The number of rotatable bonds is 5. The molecule has 2 N–H and O–H groups in total. The SMILES string of the molecule is Cc1ccc(NC(=O)NC(=O)CSc2nnnn2-c2cccc(F)c2)c(C)c1. The molecule has 0 aliphatic heterocycles. The Balaban J connectivity index is 1.56. The van der Waals surface area contributed by atoms with E-state index in [1.807, 2.05) is 26.0 Å². The number of benzene rings is 2. The first-order valence-electron chi connectivity index (χ1n) is 8.27. The molecule has 2 aromatic carbocycles. The molecule has 0 radical (unpaired) electrons. The topological polar surface area (TPSA) is 102 Å². The molecular formula is C18H17FN6O2S. The maximum Gasteiger partial charge on any atom is 0.325 e. The van der Waals surface area contributed by atoms with Crippen molar-refractivity contribution in [1.29, 1.82) is 0 Å². The standard InChI is InChI=1S/C18H17FN6O2S/c1-11-6-7-15(12(2)8-11)20-17(27)21-16(26)10-28-18-22-23-24-25(18)14-5-3-4-13(19)9-14/h3-9H,10H2,1-2H3,(H2,20,21,26,27). The molecular weight excluding hydrogens is 383 g/mol. The molecule has 0 saturated heterocycles. The minimum atomic E-state index is -0.623. The number of nitrogens with zero attached hydrogens (tertiary/aromatic N) is 4. The molecule has 8 nitrogen and oxygen atoms in total. The number of imide groups is 1. The highest BCUT2D eigenvalue weighted by atomic mass is 32.2. The summed E-state index contributed by atoms with van der Waals surface area (Å²) >= 11 is 1.03. The summed E-state index contributed by atoms with van der Waals surface area (Å²) < 4.78 is 14.7. The molecule has 3 amide bonds. The van der Waals surface area contributed by atoms with Crippen LogP contribution in [-0.4, -0.2) is 37.9 Å². The van der Waals surface area contributed by atoms with Crippen LogP contribution in [0.3, 0.4) is 0 Å². The average Bonchev–Trinajstić information content (AvgIpc) is 3.11. The van der Waals surface area contributed by atoms with Crippen molar-refractivity contribution in [2.45, 2.75) is 19.0 Å². The van der Waals surface area contributed by atoms with E-state index in [0.29, 0.717) is 16.5 Å². The van der Waals surface area contributed by atoms with Gasteiger partial charge >= 0.3 is 6.03 Å². The Morgan fingerprint density at radius 3 is 2.75 bits per heavy atom. The lowest BCUT2D eigenvalue weighted by Crippen LogP contribution is -2.35. The van der Waals surface area contributed by atoms with Gasteiger partial charge in [0.1, 0.15) is 5.82 Å². The number of amides is 3. The number of hydrogen-bond donors (Lipinski definition) is 2. The van der Waals surface area contributed by atoms with E-state index in [1.165, 1.54) is 22.9 Å². The highest BCUT2D eigenvalue weighted by Crippen LogP contribution is 2.19. The fourth-order valence-corrected chi connectivity index (χ4v) is 3.13. The van der Waals surface area contributed by atoms with Crippen LogP contribution in [0.25, 0.3) is 5.69 Å². The van der Waals surface area contributed by atoms with Crippen LogP contribution in [0.5, 0.6) is 0 Å². The Morgan fingerprint density at radius 1 is 1.18 bits per heavy atom. The van der Waals surface area contributed by atoms with Crippen LogP contribution >= 0.6 is 11.8 Å². The van der Waals surface area contributed by atoms with Crippen molar-refractivity contribution in [2.75, 3.05) is 11.1 Å². The van der Waals surface area contributed by atoms with Crippen molar-refractivity contribution < 1.29 is 14.0 Å². The Labute approximate surface area is 164 Å². The summed E-state index contributed by atoms with van der Waals surface area (Å²) in [6.07, 6.45) is 0. The van der Waals surface area contributed by atoms with Gasteiger partial charge in [-0.3, -0.25) is 10.1 Å². The first kappa shape index (κ1) is 19.5. The largest absolute Gasteiger partial charge is 0.325 e. The summed E-state index contributed by atoms with van der Waals surface area (Å²) in [5, 5.41) is 16.4. The van der Waals surface area contributed by atoms with Crippen molar-refractivity contribution in [2.24, 2.45) is 0 Å². The van der Waals surface area contributed by atoms with Gasteiger partial charge in [0.05, 0.1) is 11.4 Å². The van der Waals surface area contributed by atoms with Gasteiger partial charge in [0, 0.05) is 5.69 Å². The minimum absolute atomic E-state index is 0.0873. The molecule has 28 heavy (non-hydrogen) atoms. The molecule has 0 bridgehead atoms. The molecule has 0 aliphatic rings. The molecule has 3 aromatic rings. The summed E-state index contributed by atoms with van der Waals surface area (Å²) in [7, 11) is 0. The van der Waals surface area contributed by atoms with Gasteiger partial charge in [0.2, 0.25) is 11.1 Å². The van der Waals surface area contributed by atoms with E-state index >= 15 is 0 Å². The smallest absolute Gasteiger partial charge is 0.307 e. The second kappa shape index (κ2) is 8.61. The Bertz CT molecular complexity index is 1020. The zero-order chi connectivity index (χ0) is 20.1. The van der Waals surface area contributed by atoms with E-state index in [0.717, 1.165) is 22.9 Å².